The number of benzene rings is 2. The van der Waals surface area contributed by atoms with E-state index in [2.05, 4.69) is 4.90 Å². The summed E-state index contributed by atoms with van der Waals surface area (Å²) in [6.45, 7) is 0.585. The zero-order chi connectivity index (χ0) is 28.2. The van der Waals surface area contributed by atoms with Gasteiger partial charge in [-0.2, -0.15) is 13.2 Å². The fourth-order valence-corrected chi connectivity index (χ4v) is 6.57. The fourth-order valence-electron chi connectivity index (χ4n) is 6.57. The molecule has 11 heteroatoms. The molecule has 2 aliphatic carbocycles. The van der Waals surface area contributed by atoms with Gasteiger partial charge in [-0.05, 0) is 43.6 Å². The number of aliphatic hydroxyl groups is 3. The van der Waals surface area contributed by atoms with Crippen molar-refractivity contribution >= 4 is 12.3 Å². The van der Waals surface area contributed by atoms with E-state index >= 15 is 0 Å². The number of hydrogen-bond acceptors (Lipinski definition) is 8. The van der Waals surface area contributed by atoms with Crippen molar-refractivity contribution in [2.45, 2.75) is 61.3 Å². The molecule has 2 aliphatic heterocycles. The normalized spacial score (nSPS) is 29.2. The summed E-state index contributed by atoms with van der Waals surface area (Å²) in [5.74, 6) is 0.126. The SMILES string of the molecule is CN1CC[C@]23c4c5ccc(CO)c4O[C@H]2C(OC(=O)[C@H](O)c2ccccc2)=CC[C@@]3(O)[C@H]1C5.O=CC(F)(F)F. The minimum atomic E-state index is -4.64. The van der Waals surface area contributed by atoms with Gasteiger partial charge < -0.3 is 29.7 Å². The van der Waals surface area contributed by atoms with Crippen LogP contribution in [-0.2, 0) is 32.8 Å². The van der Waals surface area contributed by atoms with Crippen molar-refractivity contribution in [2.24, 2.45) is 0 Å². The number of likely N-dealkylation sites (N-methyl/N-ethyl adjacent to an activating group) is 1. The molecular formula is C28H28F3NO7. The predicted molar refractivity (Wildman–Crippen MR) is 130 cm³/mol. The Hall–Kier alpha value is -3.25. The molecule has 0 radical (unpaired) electrons. The van der Waals surface area contributed by atoms with E-state index in [1.54, 1.807) is 30.3 Å². The van der Waals surface area contributed by atoms with Gasteiger partial charge in [0.05, 0.1) is 17.6 Å². The maximum absolute atomic E-state index is 12.9. The molecule has 8 nitrogen and oxygen atoms in total. The highest BCUT2D eigenvalue weighted by Gasteiger charge is 2.71. The molecule has 0 aromatic heterocycles. The lowest BCUT2D eigenvalue weighted by molar-refractivity contribution is -0.172. The maximum Gasteiger partial charge on any atom is 0.446 e. The highest BCUT2D eigenvalue weighted by molar-refractivity contribution is 5.77. The van der Waals surface area contributed by atoms with E-state index in [-0.39, 0.29) is 12.6 Å². The molecule has 208 valence electrons. The van der Waals surface area contributed by atoms with Gasteiger partial charge in [-0.3, -0.25) is 4.79 Å². The quantitative estimate of drug-likeness (QED) is 0.395. The van der Waals surface area contributed by atoms with E-state index in [0.29, 0.717) is 41.9 Å². The molecule has 3 N–H and O–H groups in total. The number of nitrogens with zero attached hydrogens (tertiary/aromatic N) is 1. The number of carbonyl (C=O) groups excluding carboxylic acids is 2. The molecule has 0 saturated carbocycles. The van der Waals surface area contributed by atoms with Crippen LogP contribution < -0.4 is 4.74 Å². The van der Waals surface area contributed by atoms with E-state index in [1.807, 2.05) is 25.2 Å². The Morgan fingerprint density at radius 2 is 1.95 bits per heavy atom. The number of likely N-dealkylation sites (tertiary alicyclic amines) is 1. The zero-order valence-electron chi connectivity index (χ0n) is 21.0. The first-order chi connectivity index (χ1) is 18.5. The molecule has 2 heterocycles. The third kappa shape index (κ3) is 4.24. The number of halogens is 3. The summed E-state index contributed by atoms with van der Waals surface area (Å²) in [6, 6.07) is 12.4. The third-order valence-corrected chi connectivity index (χ3v) is 8.32. The van der Waals surface area contributed by atoms with Crippen molar-refractivity contribution < 1.29 is 47.6 Å². The molecule has 2 aromatic carbocycles. The van der Waals surface area contributed by atoms with E-state index in [0.717, 1.165) is 17.7 Å². The third-order valence-electron chi connectivity index (χ3n) is 8.32. The van der Waals surface area contributed by atoms with Gasteiger partial charge in [0, 0.05) is 23.6 Å². The first-order valence-corrected chi connectivity index (χ1v) is 12.5. The Morgan fingerprint density at radius 1 is 1.26 bits per heavy atom. The van der Waals surface area contributed by atoms with Crippen LogP contribution in [0.2, 0.25) is 0 Å². The highest BCUT2D eigenvalue weighted by atomic mass is 19.4. The summed E-state index contributed by atoms with van der Waals surface area (Å²) >= 11 is 0. The summed E-state index contributed by atoms with van der Waals surface area (Å²) in [4.78, 5) is 23.8. The first kappa shape index (κ1) is 27.3. The summed E-state index contributed by atoms with van der Waals surface area (Å²) in [5, 5.41) is 32.7. The minimum Gasteiger partial charge on any atom is -0.481 e. The molecular weight excluding hydrogens is 519 g/mol. The number of ether oxygens (including phenoxy) is 2. The number of esters is 1. The van der Waals surface area contributed by atoms with Crippen LogP contribution in [0.3, 0.4) is 0 Å². The van der Waals surface area contributed by atoms with E-state index in [9.17, 15) is 33.3 Å². The van der Waals surface area contributed by atoms with Crippen molar-refractivity contribution in [3.63, 3.8) is 0 Å². The maximum atomic E-state index is 12.9. The molecule has 1 spiro atoms. The number of piperidine rings is 1. The van der Waals surface area contributed by atoms with Gasteiger partial charge >= 0.3 is 12.1 Å². The van der Waals surface area contributed by atoms with Crippen LogP contribution in [0.25, 0.3) is 0 Å². The molecule has 2 bridgehead atoms. The Balaban J connectivity index is 0.000000465. The number of hydrogen-bond donors (Lipinski definition) is 3. The fraction of sp³-hybridized carbons (Fsp3) is 0.429. The van der Waals surface area contributed by atoms with Gasteiger partial charge in [0.1, 0.15) is 11.5 Å². The molecule has 6 rings (SSSR count). The molecule has 1 saturated heterocycles. The van der Waals surface area contributed by atoms with E-state index in [1.165, 1.54) is 0 Å². The van der Waals surface area contributed by atoms with E-state index < -0.39 is 41.7 Å². The van der Waals surface area contributed by atoms with Gasteiger partial charge in [0.15, 0.2) is 12.2 Å². The summed E-state index contributed by atoms with van der Waals surface area (Å²) in [5.41, 5.74) is 1.28. The number of rotatable bonds is 4. The monoisotopic (exact) mass is 547 g/mol. The van der Waals surface area contributed by atoms with Gasteiger partial charge in [0.2, 0.25) is 6.29 Å². The van der Waals surface area contributed by atoms with Gasteiger partial charge in [-0.1, -0.05) is 42.5 Å². The minimum absolute atomic E-state index is 0.0980. The molecule has 1 fully saturated rings. The van der Waals surface area contributed by atoms with Crippen LogP contribution in [0.4, 0.5) is 13.2 Å². The van der Waals surface area contributed by atoms with Crippen LogP contribution in [0.1, 0.15) is 41.2 Å². The Kier molecular flexibility index (Phi) is 6.82. The lowest BCUT2D eigenvalue weighted by Crippen LogP contribution is -2.74. The van der Waals surface area contributed by atoms with Crippen LogP contribution in [0.5, 0.6) is 5.75 Å². The smallest absolute Gasteiger partial charge is 0.446 e. The van der Waals surface area contributed by atoms with Crippen LogP contribution >= 0.6 is 0 Å². The zero-order valence-corrected chi connectivity index (χ0v) is 21.0. The standard InChI is InChI=1S/C26H27NO6.C2HF3O/c1-27-12-11-25-20-16-7-8-17(14-28)22(20)33-23(25)18(9-10-26(25,31)19(27)13-16)32-24(30)21(29)15-5-3-2-4-6-15;3-2(4,5)1-6/h2-9,19,21,23,28-29,31H,10-14H2,1H3;1H/t19-,21-,23+,25+,26-;/m1./s1. The van der Waals surface area contributed by atoms with Crippen molar-refractivity contribution in [2.75, 3.05) is 13.6 Å². The second kappa shape index (κ2) is 9.74. The number of aliphatic hydroxyl groups excluding tert-OH is 2. The highest BCUT2D eigenvalue weighted by Crippen LogP contribution is 2.64. The molecule has 5 atom stereocenters. The Bertz CT molecular complexity index is 1310. The van der Waals surface area contributed by atoms with Gasteiger partial charge in [-0.25, -0.2) is 4.79 Å². The summed E-state index contributed by atoms with van der Waals surface area (Å²) < 4.78 is 43.4. The van der Waals surface area contributed by atoms with Crippen molar-refractivity contribution in [3.05, 3.63) is 76.6 Å². The molecule has 39 heavy (non-hydrogen) atoms. The lowest BCUT2D eigenvalue weighted by atomic mass is 9.50. The molecule has 0 unspecified atom stereocenters. The average molecular weight is 548 g/mol. The van der Waals surface area contributed by atoms with Gasteiger partial charge in [-0.15, -0.1) is 0 Å². The van der Waals surface area contributed by atoms with Gasteiger partial charge in [0.25, 0.3) is 0 Å². The molecule has 2 aromatic rings. The number of carbonyl (C=O) groups is 2. The first-order valence-electron chi connectivity index (χ1n) is 12.5. The predicted octanol–water partition coefficient (Wildman–Crippen LogP) is 2.48. The second-order valence-corrected chi connectivity index (χ2v) is 10.3. The molecule has 4 aliphatic rings. The Labute approximate surface area is 222 Å². The average Bonchev–Trinajstić information content (AvgIpc) is 3.28. The lowest BCUT2D eigenvalue weighted by Gasteiger charge is -2.61. The summed E-state index contributed by atoms with van der Waals surface area (Å²) in [6.07, 6.45) is -4.46. The summed E-state index contributed by atoms with van der Waals surface area (Å²) in [7, 11) is 2.03. The number of alkyl halides is 3. The Morgan fingerprint density at radius 3 is 2.59 bits per heavy atom. The van der Waals surface area contributed by atoms with Crippen molar-refractivity contribution in [3.8, 4) is 5.75 Å². The molecule has 0 amide bonds. The van der Waals surface area contributed by atoms with Crippen molar-refractivity contribution in [1.82, 2.24) is 4.90 Å². The largest absolute Gasteiger partial charge is 0.481 e. The topological polar surface area (TPSA) is 117 Å². The second-order valence-electron chi connectivity index (χ2n) is 10.3. The van der Waals surface area contributed by atoms with Crippen LogP contribution in [-0.4, -0.2) is 70.0 Å². The van der Waals surface area contributed by atoms with Crippen LogP contribution in [0.15, 0.2) is 54.3 Å². The van der Waals surface area contributed by atoms with Crippen LogP contribution in [0, 0.1) is 0 Å². The number of aldehydes is 1. The van der Waals surface area contributed by atoms with Crippen molar-refractivity contribution in [1.29, 1.82) is 0 Å². The van der Waals surface area contributed by atoms with E-state index in [4.69, 9.17) is 14.3 Å².